The van der Waals surface area contributed by atoms with Gasteiger partial charge in [0.2, 0.25) is 41.4 Å². The summed E-state index contributed by atoms with van der Waals surface area (Å²) in [5.74, 6) is -5.11. The van der Waals surface area contributed by atoms with E-state index in [1.165, 1.54) is 28.5 Å². The largest absolute Gasteiger partial charge is 0.480 e. The highest BCUT2D eigenvalue weighted by atomic mass is 32.2. The van der Waals surface area contributed by atoms with Gasteiger partial charge in [-0.1, -0.05) is 56.3 Å². The Balaban J connectivity index is 1.72. The van der Waals surface area contributed by atoms with Crippen LogP contribution in [0.4, 0.5) is 0 Å². The number of rotatable bonds is 27. The number of benzene rings is 1. The lowest BCUT2D eigenvalue weighted by Gasteiger charge is -2.32. The van der Waals surface area contributed by atoms with Crippen LogP contribution in [0.5, 0.6) is 0 Å². The Bertz CT molecular complexity index is 1900. The van der Waals surface area contributed by atoms with Gasteiger partial charge in [0.1, 0.15) is 42.3 Å². The van der Waals surface area contributed by atoms with Gasteiger partial charge in [0, 0.05) is 19.6 Å². The summed E-state index contributed by atoms with van der Waals surface area (Å²) in [6, 6.07) is 0.662. The van der Waals surface area contributed by atoms with Crippen LogP contribution in [0.2, 0.25) is 0 Å². The van der Waals surface area contributed by atoms with Crippen molar-refractivity contribution in [1.82, 2.24) is 36.4 Å². The van der Waals surface area contributed by atoms with Crippen LogP contribution in [0.3, 0.4) is 0 Å². The minimum atomic E-state index is -1.28. The van der Waals surface area contributed by atoms with E-state index in [0.29, 0.717) is 44.4 Å². The van der Waals surface area contributed by atoms with Crippen LogP contribution in [-0.2, 0) is 44.8 Å². The third kappa shape index (κ3) is 18.1. The van der Waals surface area contributed by atoms with Crippen molar-refractivity contribution in [1.29, 1.82) is 0 Å². The number of guanidine groups is 1. The molecule has 2 aliphatic heterocycles. The second-order valence-corrected chi connectivity index (χ2v) is 18.3. The molecule has 2 heterocycles. The Morgan fingerprint density at radius 1 is 0.806 bits per heavy atom. The molecule has 2 aliphatic rings. The Hall–Kier alpha value is -5.74. The number of carbonyl (C=O) groups is 8. The van der Waals surface area contributed by atoms with Crippen LogP contribution >= 0.6 is 11.8 Å². The van der Waals surface area contributed by atoms with Crippen molar-refractivity contribution in [2.45, 2.75) is 133 Å². The molecule has 0 bridgehead atoms. The molecule has 0 spiro atoms. The van der Waals surface area contributed by atoms with Gasteiger partial charge in [-0.25, -0.2) is 4.79 Å². The monoisotopic (exact) mass is 957 g/mol. The smallest absolute Gasteiger partial charge is 0.326 e. The predicted molar refractivity (Wildman–Crippen MR) is 256 cm³/mol. The first-order chi connectivity index (χ1) is 31.9. The number of carboxylic acids is 1. The number of nitrogens with two attached hydrogens (primary N) is 4. The van der Waals surface area contributed by atoms with Gasteiger partial charge in [0.25, 0.3) is 0 Å². The quantitative estimate of drug-likeness (QED) is 0.0215. The van der Waals surface area contributed by atoms with Gasteiger partial charge in [-0.2, -0.15) is 11.8 Å². The molecule has 1 aromatic carbocycles. The summed E-state index contributed by atoms with van der Waals surface area (Å²) in [4.78, 5) is 115. The minimum absolute atomic E-state index is 0.0307. The normalized spacial score (nSPS) is 18.6. The number of aliphatic imine (C=N–C) groups is 1. The van der Waals surface area contributed by atoms with E-state index in [-0.39, 0.29) is 63.6 Å². The van der Waals surface area contributed by atoms with Crippen LogP contribution in [-0.4, -0.2) is 155 Å². The molecule has 8 atom stereocenters. The standard InChI is InChI=1S/C45H72N12O9S/c1-27(2)25-34(39(60)51-28(3)37(58)54-33(44(65)66)16-10-21-50-45(48)49)55-41(62)36-18-12-23-57(36)43(64)32(19-24-67-4)53-40(61)35-17-11-22-56(35)42(63)31(15-8-9-20-46)52-38(59)30(47)26-29-13-6-5-7-14-29/h5-8,13-15,27-28,30-36H,9-12,16-26,46-47H2,1-4H3,(H,51,60)(H,52,59)(H,53,61)(H,54,58)(H,55,62)(H,65,66)(H4,48,49,50)/b15-8+/t28-,30+,31+,32+,33+,34+,35+,36+/m1/s1. The average molecular weight is 957 g/mol. The number of hydrogen-bond acceptors (Lipinski definition) is 12. The molecule has 22 heteroatoms. The number of hydrogen-bond donors (Lipinski definition) is 10. The van der Waals surface area contributed by atoms with Crippen molar-refractivity contribution in [2.24, 2.45) is 33.8 Å². The molecule has 0 unspecified atom stereocenters. The number of amides is 7. The zero-order valence-corrected chi connectivity index (χ0v) is 39.9. The first-order valence-electron chi connectivity index (χ1n) is 22.9. The summed E-state index contributed by atoms with van der Waals surface area (Å²) in [6.07, 6.45) is 8.09. The van der Waals surface area contributed by atoms with Gasteiger partial charge in [0.15, 0.2) is 5.96 Å². The van der Waals surface area contributed by atoms with Crippen molar-refractivity contribution in [3.63, 3.8) is 0 Å². The first kappa shape index (κ1) is 55.6. The Morgan fingerprint density at radius 3 is 1.99 bits per heavy atom. The molecule has 14 N–H and O–H groups in total. The first-order valence-corrected chi connectivity index (χ1v) is 24.3. The molecule has 3 rings (SSSR count). The van der Waals surface area contributed by atoms with E-state index in [1.54, 1.807) is 12.2 Å². The Morgan fingerprint density at radius 2 is 1.42 bits per heavy atom. The lowest BCUT2D eigenvalue weighted by molar-refractivity contribution is -0.144. The van der Waals surface area contributed by atoms with Crippen molar-refractivity contribution in [2.75, 3.05) is 38.2 Å². The molecule has 0 radical (unpaired) electrons. The molecule has 0 aromatic heterocycles. The van der Waals surface area contributed by atoms with Crippen molar-refractivity contribution < 1.29 is 43.5 Å². The fourth-order valence-electron chi connectivity index (χ4n) is 7.90. The van der Waals surface area contributed by atoms with Gasteiger partial charge in [0.05, 0.1) is 6.04 Å². The van der Waals surface area contributed by atoms with Crippen molar-refractivity contribution in [3.05, 3.63) is 48.0 Å². The summed E-state index contributed by atoms with van der Waals surface area (Å²) in [6.45, 7) is 6.02. The molecule has 67 heavy (non-hydrogen) atoms. The number of nitrogens with one attached hydrogen (secondary N) is 5. The van der Waals surface area contributed by atoms with E-state index < -0.39 is 95.7 Å². The fraction of sp³-hybridized carbons (Fsp3) is 0.622. The van der Waals surface area contributed by atoms with Crippen LogP contribution in [0, 0.1) is 5.92 Å². The molecular formula is C45H72N12O9S. The molecule has 21 nitrogen and oxygen atoms in total. The number of carbonyl (C=O) groups excluding carboxylic acids is 7. The van der Waals surface area contributed by atoms with Gasteiger partial charge in [-0.05, 0) is 101 Å². The Labute approximate surface area is 397 Å². The van der Waals surface area contributed by atoms with E-state index >= 15 is 0 Å². The van der Waals surface area contributed by atoms with E-state index in [1.807, 2.05) is 50.4 Å². The van der Waals surface area contributed by atoms with Gasteiger partial charge in [-0.3, -0.25) is 38.6 Å². The summed E-state index contributed by atoms with van der Waals surface area (Å²) in [5.41, 5.74) is 23.4. The van der Waals surface area contributed by atoms with Crippen molar-refractivity contribution >= 4 is 65.0 Å². The van der Waals surface area contributed by atoms with Crippen LogP contribution in [0.15, 0.2) is 47.5 Å². The van der Waals surface area contributed by atoms with Crippen molar-refractivity contribution in [3.8, 4) is 0 Å². The molecule has 372 valence electrons. The van der Waals surface area contributed by atoms with Crippen LogP contribution in [0.1, 0.15) is 84.1 Å². The maximum absolute atomic E-state index is 14.3. The topological polar surface area (TPSA) is 340 Å². The minimum Gasteiger partial charge on any atom is -0.480 e. The lowest BCUT2D eigenvalue weighted by atomic mass is 10.0. The Kier molecular flexibility index (Phi) is 23.6. The number of aliphatic carboxylic acids is 1. The van der Waals surface area contributed by atoms with E-state index in [9.17, 15) is 43.5 Å². The third-order valence-corrected chi connectivity index (χ3v) is 12.1. The molecule has 0 aliphatic carbocycles. The predicted octanol–water partition coefficient (Wildman–Crippen LogP) is -1.18. The van der Waals surface area contributed by atoms with E-state index in [2.05, 4.69) is 31.6 Å². The number of nitrogens with zero attached hydrogens (tertiary/aromatic N) is 3. The number of likely N-dealkylation sites (tertiary alicyclic amines) is 2. The van der Waals surface area contributed by atoms with E-state index in [4.69, 9.17) is 22.9 Å². The summed E-state index contributed by atoms with van der Waals surface area (Å²) in [5, 5.41) is 23.1. The second kappa shape index (κ2) is 28.4. The van der Waals surface area contributed by atoms with Gasteiger partial charge in [-0.15, -0.1) is 0 Å². The summed E-state index contributed by atoms with van der Waals surface area (Å²) in [7, 11) is 0. The summed E-state index contributed by atoms with van der Waals surface area (Å²) < 4.78 is 0. The van der Waals surface area contributed by atoms with Gasteiger partial charge < -0.3 is 64.4 Å². The summed E-state index contributed by atoms with van der Waals surface area (Å²) >= 11 is 1.47. The maximum atomic E-state index is 14.3. The van der Waals surface area contributed by atoms with Crippen LogP contribution < -0.4 is 49.5 Å². The lowest BCUT2D eigenvalue weighted by Crippen LogP contribution is -2.59. The molecule has 7 amide bonds. The highest BCUT2D eigenvalue weighted by Gasteiger charge is 2.42. The van der Waals surface area contributed by atoms with Crippen LogP contribution in [0.25, 0.3) is 0 Å². The fourth-order valence-corrected chi connectivity index (χ4v) is 8.37. The molecular weight excluding hydrogens is 885 g/mol. The molecule has 0 saturated carbocycles. The number of thioether (sulfide) groups is 1. The number of carboxylic acid groups (broad SMARTS) is 1. The molecule has 2 fully saturated rings. The highest BCUT2D eigenvalue weighted by molar-refractivity contribution is 7.98. The average Bonchev–Trinajstić information content (AvgIpc) is 3.99. The molecule has 1 aromatic rings. The zero-order chi connectivity index (χ0) is 49.6. The zero-order valence-electron chi connectivity index (χ0n) is 39.1. The SMILES string of the molecule is CSCC[C@H](NC(=O)[C@@H]1CCCN1C(=O)[C@H](/C=C/CCN)NC(=O)[C@@H](N)Cc1ccccc1)C(=O)N1CCC[C@H]1C(=O)N[C@@H](CC(C)C)C(=O)N[C@H](C)C(=O)N[C@@H](CCCN=C(N)N)C(=O)O. The highest BCUT2D eigenvalue weighted by Crippen LogP contribution is 2.23. The third-order valence-electron chi connectivity index (χ3n) is 11.4. The maximum Gasteiger partial charge on any atom is 0.326 e. The second-order valence-electron chi connectivity index (χ2n) is 17.3. The van der Waals surface area contributed by atoms with E-state index in [0.717, 1.165) is 5.56 Å². The molecule has 2 saturated heterocycles. The van der Waals surface area contributed by atoms with Gasteiger partial charge >= 0.3 is 5.97 Å².